The molecule has 1 aromatic heterocycles. The van der Waals surface area contributed by atoms with Crippen molar-refractivity contribution in [1.82, 2.24) is 14.8 Å². The Morgan fingerprint density at radius 1 is 1.12 bits per heavy atom. The van der Waals surface area contributed by atoms with E-state index in [0.29, 0.717) is 11.1 Å². The summed E-state index contributed by atoms with van der Waals surface area (Å²) in [6.07, 6.45) is 2.98. The molecule has 0 aliphatic heterocycles. The zero-order valence-corrected chi connectivity index (χ0v) is 12.4. The number of aromatic nitrogens is 3. The van der Waals surface area contributed by atoms with Gasteiger partial charge in [0.25, 0.3) is 5.69 Å². The summed E-state index contributed by atoms with van der Waals surface area (Å²) in [7, 11) is 0. The van der Waals surface area contributed by atoms with E-state index in [1.54, 1.807) is 47.4 Å². The predicted molar refractivity (Wildman–Crippen MR) is 83.6 cm³/mol. The predicted octanol–water partition coefficient (Wildman–Crippen LogP) is 2.53. The SMILES string of the molecule is O=C(OCc1ccc([N+](=O)[O-])cc1)c1ccc(-n2cncn2)cc1. The van der Waals surface area contributed by atoms with Crippen LogP contribution in [0.4, 0.5) is 5.69 Å². The lowest BCUT2D eigenvalue weighted by Crippen LogP contribution is -2.05. The normalized spacial score (nSPS) is 10.3. The summed E-state index contributed by atoms with van der Waals surface area (Å²) >= 11 is 0. The summed E-state index contributed by atoms with van der Waals surface area (Å²) in [6.45, 7) is 0.0433. The number of benzene rings is 2. The second kappa shape index (κ2) is 6.69. The van der Waals surface area contributed by atoms with Gasteiger partial charge < -0.3 is 4.74 Å². The molecule has 0 N–H and O–H groups in total. The van der Waals surface area contributed by atoms with E-state index >= 15 is 0 Å². The molecule has 0 amide bonds. The largest absolute Gasteiger partial charge is 0.457 e. The highest BCUT2D eigenvalue weighted by Gasteiger charge is 2.09. The molecule has 0 spiro atoms. The first-order chi connectivity index (χ1) is 11.6. The molecule has 0 saturated carbocycles. The molecular formula is C16H12N4O4. The molecule has 0 saturated heterocycles. The summed E-state index contributed by atoms with van der Waals surface area (Å²) in [5.41, 5.74) is 1.85. The van der Waals surface area contributed by atoms with Crippen LogP contribution < -0.4 is 0 Å². The van der Waals surface area contributed by atoms with Crippen molar-refractivity contribution in [2.75, 3.05) is 0 Å². The maximum Gasteiger partial charge on any atom is 0.338 e. The molecule has 8 heteroatoms. The van der Waals surface area contributed by atoms with Crippen LogP contribution in [0.25, 0.3) is 5.69 Å². The van der Waals surface area contributed by atoms with Crippen molar-refractivity contribution in [3.63, 3.8) is 0 Å². The van der Waals surface area contributed by atoms with Gasteiger partial charge in [0.15, 0.2) is 0 Å². The second-order valence-electron chi connectivity index (χ2n) is 4.89. The smallest absolute Gasteiger partial charge is 0.338 e. The van der Waals surface area contributed by atoms with Crippen molar-refractivity contribution in [3.8, 4) is 5.69 Å². The second-order valence-corrected chi connectivity index (χ2v) is 4.89. The van der Waals surface area contributed by atoms with E-state index in [4.69, 9.17) is 4.74 Å². The van der Waals surface area contributed by atoms with Crippen molar-refractivity contribution in [3.05, 3.63) is 82.4 Å². The maximum atomic E-state index is 12.0. The van der Waals surface area contributed by atoms with Crippen molar-refractivity contribution in [2.45, 2.75) is 6.61 Å². The van der Waals surface area contributed by atoms with Gasteiger partial charge in [-0.1, -0.05) is 0 Å². The van der Waals surface area contributed by atoms with Crippen molar-refractivity contribution in [1.29, 1.82) is 0 Å². The van der Waals surface area contributed by atoms with Crippen molar-refractivity contribution in [2.24, 2.45) is 0 Å². The minimum Gasteiger partial charge on any atom is -0.457 e. The van der Waals surface area contributed by atoms with Crippen LogP contribution in [0.5, 0.6) is 0 Å². The fourth-order valence-corrected chi connectivity index (χ4v) is 2.04. The number of nitrogens with zero attached hydrogens (tertiary/aromatic N) is 4. The monoisotopic (exact) mass is 324 g/mol. The van der Waals surface area contributed by atoms with Crippen LogP contribution in [0.1, 0.15) is 15.9 Å². The third kappa shape index (κ3) is 3.43. The molecule has 0 unspecified atom stereocenters. The number of rotatable bonds is 5. The van der Waals surface area contributed by atoms with Crippen LogP contribution in [-0.4, -0.2) is 25.7 Å². The maximum absolute atomic E-state index is 12.0. The first-order valence-corrected chi connectivity index (χ1v) is 6.99. The standard InChI is InChI=1S/C16H12N4O4/c21-16(24-9-12-1-5-15(6-2-12)20(22)23)13-3-7-14(8-4-13)19-11-17-10-18-19/h1-8,10-11H,9H2. The molecule has 0 radical (unpaired) electrons. The Balaban J connectivity index is 1.61. The minimum absolute atomic E-state index is 0.00576. The molecule has 0 aliphatic carbocycles. The van der Waals surface area contributed by atoms with Gasteiger partial charge in [0.2, 0.25) is 0 Å². The summed E-state index contributed by atoms with van der Waals surface area (Å²) < 4.78 is 6.78. The van der Waals surface area contributed by atoms with E-state index in [9.17, 15) is 14.9 Å². The van der Waals surface area contributed by atoms with Gasteiger partial charge in [0, 0.05) is 12.1 Å². The van der Waals surface area contributed by atoms with Gasteiger partial charge in [-0.05, 0) is 42.0 Å². The Kier molecular flexibility index (Phi) is 4.28. The first kappa shape index (κ1) is 15.3. The molecule has 1 heterocycles. The summed E-state index contributed by atoms with van der Waals surface area (Å²) in [6, 6.07) is 12.6. The molecule has 0 fully saturated rings. The van der Waals surface area contributed by atoms with Crippen LogP contribution in [0.3, 0.4) is 0 Å². The number of nitro groups is 1. The van der Waals surface area contributed by atoms with Crippen LogP contribution in [0.2, 0.25) is 0 Å². The molecule has 0 atom stereocenters. The summed E-state index contributed by atoms with van der Waals surface area (Å²) in [5.74, 6) is -0.474. The number of hydrogen-bond donors (Lipinski definition) is 0. The number of non-ortho nitro benzene ring substituents is 1. The van der Waals surface area contributed by atoms with Crippen LogP contribution >= 0.6 is 0 Å². The molecule has 24 heavy (non-hydrogen) atoms. The van der Waals surface area contributed by atoms with Crippen LogP contribution in [0.15, 0.2) is 61.2 Å². The number of esters is 1. The zero-order chi connectivity index (χ0) is 16.9. The van der Waals surface area contributed by atoms with Crippen molar-refractivity contribution < 1.29 is 14.5 Å². The summed E-state index contributed by atoms with van der Waals surface area (Å²) in [5, 5.41) is 14.6. The van der Waals surface area contributed by atoms with Gasteiger partial charge in [-0.2, -0.15) is 5.10 Å². The molecule has 2 aromatic carbocycles. The lowest BCUT2D eigenvalue weighted by Gasteiger charge is -2.06. The number of ether oxygens (including phenoxy) is 1. The molecule has 0 aliphatic rings. The number of carbonyl (C=O) groups is 1. The zero-order valence-electron chi connectivity index (χ0n) is 12.4. The lowest BCUT2D eigenvalue weighted by atomic mass is 10.2. The van der Waals surface area contributed by atoms with Gasteiger partial charge in [0.05, 0.1) is 16.2 Å². The number of nitro benzene ring substituents is 1. The highest BCUT2D eigenvalue weighted by molar-refractivity contribution is 5.89. The van der Waals surface area contributed by atoms with E-state index in [0.717, 1.165) is 5.69 Å². The quantitative estimate of drug-likeness (QED) is 0.406. The average Bonchev–Trinajstić information content (AvgIpc) is 3.15. The molecule has 8 nitrogen and oxygen atoms in total. The van der Waals surface area contributed by atoms with Gasteiger partial charge in [-0.3, -0.25) is 10.1 Å². The van der Waals surface area contributed by atoms with Crippen molar-refractivity contribution >= 4 is 11.7 Å². The Bertz CT molecular complexity index is 843. The Hall–Kier alpha value is -3.55. The lowest BCUT2D eigenvalue weighted by molar-refractivity contribution is -0.384. The number of hydrogen-bond acceptors (Lipinski definition) is 6. The molecule has 120 valence electrons. The third-order valence-electron chi connectivity index (χ3n) is 3.30. The molecule has 0 bridgehead atoms. The highest BCUT2D eigenvalue weighted by atomic mass is 16.6. The van der Waals surface area contributed by atoms with Gasteiger partial charge in [-0.25, -0.2) is 14.5 Å². The van der Waals surface area contributed by atoms with Gasteiger partial charge >= 0.3 is 5.97 Å². The van der Waals surface area contributed by atoms with Crippen LogP contribution in [-0.2, 0) is 11.3 Å². The number of carbonyl (C=O) groups excluding carboxylic acids is 1. The van der Waals surface area contributed by atoms with E-state index in [2.05, 4.69) is 10.1 Å². The van der Waals surface area contributed by atoms with E-state index in [1.807, 2.05) is 0 Å². The topological polar surface area (TPSA) is 100 Å². The summed E-state index contributed by atoms with van der Waals surface area (Å²) in [4.78, 5) is 26.0. The Morgan fingerprint density at radius 3 is 2.42 bits per heavy atom. The van der Waals surface area contributed by atoms with E-state index in [-0.39, 0.29) is 12.3 Å². The van der Waals surface area contributed by atoms with E-state index in [1.165, 1.54) is 18.5 Å². The molecule has 3 rings (SSSR count). The van der Waals surface area contributed by atoms with Crippen LogP contribution in [0, 0.1) is 10.1 Å². The molecular weight excluding hydrogens is 312 g/mol. The van der Waals surface area contributed by atoms with Gasteiger partial charge in [-0.15, -0.1) is 0 Å². The fraction of sp³-hybridized carbons (Fsp3) is 0.0625. The third-order valence-corrected chi connectivity index (χ3v) is 3.30. The minimum atomic E-state index is -0.480. The average molecular weight is 324 g/mol. The molecule has 3 aromatic rings. The van der Waals surface area contributed by atoms with Gasteiger partial charge in [0.1, 0.15) is 19.3 Å². The Morgan fingerprint density at radius 2 is 1.83 bits per heavy atom. The Labute approximate surface area is 136 Å². The fourth-order valence-electron chi connectivity index (χ4n) is 2.04. The first-order valence-electron chi connectivity index (χ1n) is 6.99. The highest BCUT2D eigenvalue weighted by Crippen LogP contribution is 2.14. The van der Waals surface area contributed by atoms with E-state index < -0.39 is 10.9 Å².